The van der Waals surface area contributed by atoms with Gasteiger partial charge in [-0.25, -0.2) is 0 Å². The Morgan fingerprint density at radius 3 is 2.55 bits per heavy atom. The third-order valence-corrected chi connectivity index (χ3v) is 4.39. The second kappa shape index (κ2) is 5.35. The molecule has 3 rings (SSSR count). The molecule has 2 aromatic carbocycles. The highest BCUT2D eigenvalue weighted by Gasteiger charge is 2.32. The number of rotatable bonds is 4. The van der Waals surface area contributed by atoms with Gasteiger partial charge in [0.1, 0.15) is 6.04 Å². The largest absolute Gasteiger partial charge is 0.632 e. The Hall–Kier alpha value is -1.71. The number of aldehydes is 1. The molecule has 1 heterocycles. The van der Waals surface area contributed by atoms with Crippen LogP contribution in [0.4, 0.5) is 0 Å². The van der Waals surface area contributed by atoms with Crippen LogP contribution in [-0.2, 0) is 11.2 Å². The number of nitrogens with zero attached hydrogens (tertiary/aromatic N) is 1. The summed E-state index contributed by atoms with van der Waals surface area (Å²) in [6.45, 7) is 1.16. The molecule has 0 unspecified atom stereocenters. The zero-order valence-electron chi connectivity index (χ0n) is 11.5. The molecule has 1 aliphatic rings. The summed E-state index contributed by atoms with van der Waals surface area (Å²) in [6.07, 6.45) is 3.27. The number of fused-ring (bicyclic) bond motifs is 1. The van der Waals surface area contributed by atoms with Crippen LogP contribution >= 0.6 is 0 Å². The maximum Gasteiger partial charge on any atom is 0.177 e. The van der Waals surface area contributed by atoms with E-state index in [9.17, 15) is 10.0 Å². The van der Waals surface area contributed by atoms with Gasteiger partial charge in [0.15, 0.2) is 6.29 Å². The minimum Gasteiger partial charge on any atom is -0.632 e. The number of hydrogen-bond acceptors (Lipinski definition) is 2. The third-order valence-electron chi connectivity index (χ3n) is 4.39. The molecule has 3 heteroatoms. The molecule has 1 aliphatic heterocycles. The molecule has 0 saturated carbocycles. The number of likely N-dealkylation sites (tertiary alicyclic amines) is 1. The van der Waals surface area contributed by atoms with Crippen LogP contribution in [0.15, 0.2) is 42.5 Å². The Bertz CT molecular complexity index is 612. The summed E-state index contributed by atoms with van der Waals surface area (Å²) in [5.41, 5.74) is 1.10. The molecule has 0 radical (unpaired) electrons. The molecule has 3 nitrogen and oxygen atoms in total. The summed E-state index contributed by atoms with van der Waals surface area (Å²) in [6, 6.07) is 13.7. The van der Waals surface area contributed by atoms with Crippen molar-refractivity contribution in [3.05, 3.63) is 53.2 Å². The maximum atomic E-state index is 12.7. The van der Waals surface area contributed by atoms with Crippen molar-refractivity contribution in [3.8, 4) is 0 Å². The van der Waals surface area contributed by atoms with E-state index in [4.69, 9.17) is 0 Å². The first kappa shape index (κ1) is 13.3. The summed E-state index contributed by atoms with van der Waals surface area (Å²) in [5.74, 6) is 0. The Morgan fingerprint density at radius 2 is 1.80 bits per heavy atom. The molecule has 0 bridgehead atoms. The molecule has 0 aromatic heterocycles. The predicted molar refractivity (Wildman–Crippen MR) is 80.1 cm³/mol. The van der Waals surface area contributed by atoms with Crippen LogP contribution in [0.25, 0.3) is 10.8 Å². The van der Waals surface area contributed by atoms with E-state index in [0.717, 1.165) is 35.5 Å². The maximum absolute atomic E-state index is 12.7. The number of quaternary nitrogens is 1. The van der Waals surface area contributed by atoms with E-state index in [1.54, 1.807) is 0 Å². The fourth-order valence-electron chi connectivity index (χ4n) is 3.22. The molecular weight excluding hydrogens is 250 g/mol. The second-order valence-electron chi connectivity index (χ2n) is 5.65. The number of hydroxylamine groups is 3. The molecule has 0 amide bonds. The van der Waals surface area contributed by atoms with Crippen molar-refractivity contribution in [2.24, 2.45) is 0 Å². The standard InChI is InChI=1S/C17H19NO2/c19-13-16(18(20)10-3-4-11-18)12-15-8-5-7-14-6-1-2-9-17(14)15/h1-2,5-9,13,16H,3-4,10-12H2/t16-/m1/s1. The molecule has 1 fully saturated rings. The van der Waals surface area contributed by atoms with Crippen molar-refractivity contribution in [2.75, 3.05) is 13.1 Å². The van der Waals surface area contributed by atoms with Crippen molar-refractivity contribution in [3.63, 3.8) is 0 Å². The summed E-state index contributed by atoms with van der Waals surface area (Å²) in [7, 11) is 0. The Labute approximate surface area is 119 Å². The first-order valence-corrected chi connectivity index (χ1v) is 7.23. The minimum absolute atomic E-state index is 0.341. The van der Waals surface area contributed by atoms with Crippen molar-refractivity contribution in [1.82, 2.24) is 0 Å². The summed E-state index contributed by atoms with van der Waals surface area (Å²) >= 11 is 0. The van der Waals surface area contributed by atoms with Crippen molar-refractivity contribution < 1.29 is 9.44 Å². The van der Waals surface area contributed by atoms with Gasteiger partial charge in [0.2, 0.25) is 0 Å². The Balaban J connectivity index is 1.93. The molecular formula is C17H19NO2. The van der Waals surface area contributed by atoms with Gasteiger partial charge in [0.05, 0.1) is 13.1 Å². The average molecular weight is 269 g/mol. The van der Waals surface area contributed by atoms with Crippen LogP contribution < -0.4 is 0 Å². The highest BCUT2D eigenvalue weighted by Crippen LogP contribution is 2.26. The lowest BCUT2D eigenvalue weighted by Crippen LogP contribution is -2.50. The lowest BCUT2D eigenvalue weighted by Gasteiger charge is -2.43. The fourth-order valence-corrected chi connectivity index (χ4v) is 3.22. The van der Waals surface area contributed by atoms with Gasteiger partial charge in [-0.2, -0.15) is 0 Å². The monoisotopic (exact) mass is 269 g/mol. The van der Waals surface area contributed by atoms with Gasteiger partial charge in [0, 0.05) is 19.3 Å². The van der Waals surface area contributed by atoms with E-state index in [2.05, 4.69) is 18.2 Å². The highest BCUT2D eigenvalue weighted by atomic mass is 16.5. The van der Waals surface area contributed by atoms with Crippen molar-refractivity contribution >= 4 is 17.1 Å². The van der Waals surface area contributed by atoms with E-state index in [0.29, 0.717) is 19.5 Å². The van der Waals surface area contributed by atoms with E-state index < -0.39 is 6.04 Å². The molecule has 2 aromatic rings. The van der Waals surface area contributed by atoms with Gasteiger partial charge in [-0.05, 0) is 16.3 Å². The molecule has 1 atom stereocenters. The van der Waals surface area contributed by atoms with Crippen LogP contribution in [0.3, 0.4) is 0 Å². The minimum atomic E-state index is -0.469. The quantitative estimate of drug-likeness (QED) is 0.486. The summed E-state index contributed by atoms with van der Waals surface area (Å²) < 4.78 is -0.341. The first-order chi connectivity index (χ1) is 9.73. The lowest BCUT2D eigenvalue weighted by atomic mass is 9.98. The van der Waals surface area contributed by atoms with E-state index in [1.807, 2.05) is 24.3 Å². The van der Waals surface area contributed by atoms with Gasteiger partial charge in [0.25, 0.3) is 0 Å². The van der Waals surface area contributed by atoms with E-state index >= 15 is 0 Å². The number of hydrogen-bond donors (Lipinski definition) is 0. The smallest absolute Gasteiger partial charge is 0.177 e. The van der Waals surface area contributed by atoms with Crippen molar-refractivity contribution in [2.45, 2.75) is 25.3 Å². The van der Waals surface area contributed by atoms with Gasteiger partial charge < -0.3 is 9.85 Å². The topological polar surface area (TPSA) is 40.1 Å². The van der Waals surface area contributed by atoms with Crippen LogP contribution in [0, 0.1) is 5.21 Å². The van der Waals surface area contributed by atoms with E-state index in [1.165, 1.54) is 0 Å². The van der Waals surface area contributed by atoms with Gasteiger partial charge in [-0.3, -0.25) is 4.79 Å². The molecule has 104 valence electrons. The zero-order valence-corrected chi connectivity index (χ0v) is 11.5. The average Bonchev–Trinajstić information content (AvgIpc) is 2.92. The first-order valence-electron chi connectivity index (χ1n) is 7.23. The third kappa shape index (κ3) is 2.35. The van der Waals surface area contributed by atoms with Crippen LogP contribution in [0.5, 0.6) is 0 Å². The van der Waals surface area contributed by atoms with Gasteiger partial charge in [-0.15, -0.1) is 0 Å². The number of benzene rings is 2. The highest BCUT2D eigenvalue weighted by molar-refractivity contribution is 5.86. The SMILES string of the molecule is O=C[C@@H](Cc1cccc2ccccc12)[N+]1([O-])CCCC1. The Morgan fingerprint density at radius 1 is 1.10 bits per heavy atom. The molecule has 1 saturated heterocycles. The molecule has 0 aliphatic carbocycles. The number of carbonyl (C=O) groups is 1. The molecule has 20 heavy (non-hydrogen) atoms. The summed E-state index contributed by atoms with van der Waals surface area (Å²) in [5, 5.41) is 15.0. The predicted octanol–water partition coefficient (Wildman–Crippen LogP) is 3.06. The second-order valence-corrected chi connectivity index (χ2v) is 5.65. The fraction of sp³-hybridized carbons (Fsp3) is 0.353. The molecule has 0 spiro atoms. The normalized spacial score (nSPS) is 19.1. The Kier molecular flexibility index (Phi) is 3.55. The number of carbonyl (C=O) groups excluding carboxylic acids is 1. The van der Waals surface area contributed by atoms with Crippen LogP contribution in [-0.4, -0.2) is 30.1 Å². The van der Waals surface area contributed by atoms with Crippen molar-refractivity contribution in [1.29, 1.82) is 0 Å². The summed E-state index contributed by atoms with van der Waals surface area (Å²) in [4.78, 5) is 11.4. The van der Waals surface area contributed by atoms with Gasteiger partial charge in [-0.1, -0.05) is 42.5 Å². The zero-order chi connectivity index (χ0) is 14.0. The van der Waals surface area contributed by atoms with Crippen LogP contribution in [0.2, 0.25) is 0 Å². The van der Waals surface area contributed by atoms with Gasteiger partial charge >= 0.3 is 0 Å². The van der Waals surface area contributed by atoms with Crippen LogP contribution in [0.1, 0.15) is 18.4 Å². The lowest BCUT2D eigenvalue weighted by molar-refractivity contribution is -0.883. The molecule has 0 N–H and O–H groups in total. The van der Waals surface area contributed by atoms with E-state index in [-0.39, 0.29) is 4.65 Å².